The Labute approximate surface area is 126 Å². The van der Waals surface area contributed by atoms with Gasteiger partial charge in [-0.1, -0.05) is 18.2 Å². The lowest BCUT2D eigenvalue weighted by molar-refractivity contribution is -0.136. The van der Waals surface area contributed by atoms with E-state index in [2.05, 4.69) is 4.90 Å². The van der Waals surface area contributed by atoms with E-state index in [4.69, 9.17) is 0 Å². The maximum Gasteiger partial charge on any atom is 0.225 e. The number of aromatic hydroxyl groups is 1. The highest BCUT2D eigenvalue weighted by Crippen LogP contribution is 2.25. The van der Waals surface area contributed by atoms with Crippen molar-refractivity contribution in [1.29, 1.82) is 0 Å². The smallest absolute Gasteiger partial charge is 0.225 e. The Morgan fingerprint density at radius 2 is 1.76 bits per heavy atom. The second-order valence-electron chi connectivity index (χ2n) is 6.21. The Kier molecular flexibility index (Phi) is 4.44. The number of rotatable bonds is 3. The van der Waals surface area contributed by atoms with Gasteiger partial charge in [0, 0.05) is 31.1 Å². The summed E-state index contributed by atoms with van der Waals surface area (Å²) in [6.07, 6.45) is 4.22. The van der Waals surface area contributed by atoms with Crippen molar-refractivity contribution in [2.75, 3.05) is 26.2 Å². The standard InChI is InChI=1S/C17H24N2O2/c20-16-6-2-1-5-15(16)13-18-11-7-14(8-12-18)17(21)19-9-3-4-10-19/h1-2,5-6,14,20H,3-4,7-13H2. The SMILES string of the molecule is O=C(C1CCN(Cc2ccccc2O)CC1)N1CCCC1. The molecule has 2 saturated heterocycles. The molecule has 0 bridgehead atoms. The molecular formula is C17H24N2O2. The summed E-state index contributed by atoms with van der Waals surface area (Å²) in [7, 11) is 0. The van der Waals surface area contributed by atoms with Crippen molar-refractivity contribution >= 4 is 5.91 Å². The number of hydrogen-bond acceptors (Lipinski definition) is 3. The minimum Gasteiger partial charge on any atom is -0.508 e. The number of likely N-dealkylation sites (tertiary alicyclic amines) is 2. The van der Waals surface area contributed by atoms with Crippen LogP contribution in [0.1, 0.15) is 31.2 Å². The molecule has 0 atom stereocenters. The lowest BCUT2D eigenvalue weighted by atomic mass is 9.95. The highest BCUT2D eigenvalue weighted by atomic mass is 16.3. The van der Waals surface area contributed by atoms with Crippen LogP contribution < -0.4 is 0 Å². The minimum atomic E-state index is 0.212. The molecule has 1 aromatic rings. The lowest BCUT2D eigenvalue weighted by Gasteiger charge is -2.33. The molecule has 21 heavy (non-hydrogen) atoms. The third kappa shape index (κ3) is 3.38. The van der Waals surface area contributed by atoms with Crippen LogP contribution in [0.25, 0.3) is 0 Å². The van der Waals surface area contributed by atoms with Gasteiger partial charge in [-0.25, -0.2) is 0 Å². The van der Waals surface area contributed by atoms with E-state index in [9.17, 15) is 9.90 Å². The van der Waals surface area contributed by atoms with Gasteiger partial charge in [0.05, 0.1) is 0 Å². The van der Waals surface area contributed by atoms with Gasteiger partial charge in [-0.2, -0.15) is 0 Å². The third-order valence-corrected chi connectivity index (χ3v) is 4.74. The largest absolute Gasteiger partial charge is 0.508 e. The monoisotopic (exact) mass is 288 g/mol. The van der Waals surface area contributed by atoms with Crippen LogP contribution >= 0.6 is 0 Å². The number of carbonyl (C=O) groups is 1. The predicted molar refractivity (Wildman–Crippen MR) is 81.9 cm³/mol. The molecule has 0 radical (unpaired) electrons. The van der Waals surface area contributed by atoms with Crippen molar-refractivity contribution < 1.29 is 9.90 Å². The van der Waals surface area contributed by atoms with Gasteiger partial charge in [0.1, 0.15) is 5.75 Å². The van der Waals surface area contributed by atoms with E-state index in [-0.39, 0.29) is 5.92 Å². The molecule has 1 aromatic carbocycles. The Morgan fingerprint density at radius 3 is 2.43 bits per heavy atom. The average molecular weight is 288 g/mol. The first-order valence-electron chi connectivity index (χ1n) is 8.02. The zero-order valence-electron chi connectivity index (χ0n) is 12.5. The number of phenolic OH excluding ortho intramolecular Hbond substituents is 1. The molecule has 2 fully saturated rings. The molecule has 0 aromatic heterocycles. The highest BCUT2D eigenvalue weighted by molar-refractivity contribution is 5.79. The number of nitrogens with zero attached hydrogens (tertiary/aromatic N) is 2. The van der Waals surface area contributed by atoms with Gasteiger partial charge in [0.2, 0.25) is 5.91 Å². The Bertz CT molecular complexity index is 489. The van der Waals surface area contributed by atoms with Gasteiger partial charge in [-0.3, -0.25) is 9.69 Å². The summed E-state index contributed by atoms with van der Waals surface area (Å²) >= 11 is 0. The lowest BCUT2D eigenvalue weighted by Crippen LogP contribution is -2.41. The Hall–Kier alpha value is -1.55. The molecule has 114 valence electrons. The summed E-state index contributed by atoms with van der Waals surface area (Å²) in [4.78, 5) is 16.8. The molecule has 3 rings (SSSR count). The van der Waals surface area contributed by atoms with E-state index in [1.54, 1.807) is 6.07 Å². The molecule has 0 saturated carbocycles. The van der Waals surface area contributed by atoms with Crippen molar-refractivity contribution in [2.24, 2.45) is 5.92 Å². The fourth-order valence-corrected chi connectivity index (χ4v) is 3.42. The summed E-state index contributed by atoms with van der Waals surface area (Å²) < 4.78 is 0. The first-order valence-corrected chi connectivity index (χ1v) is 8.02. The first kappa shape index (κ1) is 14.4. The van der Waals surface area contributed by atoms with Gasteiger partial charge >= 0.3 is 0 Å². The van der Waals surface area contributed by atoms with Gasteiger partial charge < -0.3 is 10.0 Å². The van der Waals surface area contributed by atoms with Crippen LogP contribution in [0, 0.1) is 5.92 Å². The number of phenols is 1. The van der Waals surface area contributed by atoms with E-state index in [1.165, 1.54) is 0 Å². The van der Waals surface area contributed by atoms with Crippen molar-refractivity contribution in [3.63, 3.8) is 0 Å². The number of benzene rings is 1. The zero-order valence-corrected chi connectivity index (χ0v) is 12.5. The minimum absolute atomic E-state index is 0.212. The summed E-state index contributed by atoms with van der Waals surface area (Å²) in [5.74, 6) is 0.950. The van der Waals surface area contributed by atoms with Crippen molar-refractivity contribution in [2.45, 2.75) is 32.2 Å². The number of para-hydroxylation sites is 1. The number of carbonyl (C=O) groups excluding carboxylic acids is 1. The fraction of sp³-hybridized carbons (Fsp3) is 0.588. The van der Waals surface area contributed by atoms with E-state index in [1.807, 2.05) is 23.1 Å². The topological polar surface area (TPSA) is 43.8 Å². The van der Waals surface area contributed by atoms with E-state index in [0.29, 0.717) is 11.7 Å². The maximum atomic E-state index is 12.4. The van der Waals surface area contributed by atoms with Gasteiger partial charge in [-0.15, -0.1) is 0 Å². The Balaban J connectivity index is 1.51. The molecule has 4 nitrogen and oxygen atoms in total. The summed E-state index contributed by atoms with van der Waals surface area (Å²) in [5, 5.41) is 9.84. The van der Waals surface area contributed by atoms with Crippen LogP contribution in [0.5, 0.6) is 5.75 Å². The van der Waals surface area contributed by atoms with Crippen LogP contribution in [0.15, 0.2) is 24.3 Å². The molecule has 2 aliphatic heterocycles. The molecule has 1 amide bonds. The molecule has 0 unspecified atom stereocenters. The quantitative estimate of drug-likeness (QED) is 0.927. The second-order valence-corrected chi connectivity index (χ2v) is 6.21. The number of hydrogen-bond donors (Lipinski definition) is 1. The average Bonchev–Trinajstić information content (AvgIpc) is 3.04. The van der Waals surface area contributed by atoms with Crippen LogP contribution in [-0.2, 0) is 11.3 Å². The van der Waals surface area contributed by atoms with E-state index < -0.39 is 0 Å². The van der Waals surface area contributed by atoms with Crippen molar-refractivity contribution in [1.82, 2.24) is 9.80 Å². The third-order valence-electron chi connectivity index (χ3n) is 4.74. The van der Waals surface area contributed by atoms with Crippen molar-refractivity contribution in [3.05, 3.63) is 29.8 Å². The van der Waals surface area contributed by atoms with Crippen LogP contribution in [0.3, 0.4) is 0 Å². The zero-order chi connectivity index (χ0) is 14.7. The molecule has 2 heterocycles. The van der Waals surface area contributed by atoms with Crippen LogP contribution in [-0.4, -0.2) is 47.0 Å². The predicted octanol–water partition coefficient (Wildman–Crippen LogP) is 2.23. The molecule has 1 N–H and O–H groups in total. The second kappa shape index (κ2) is 6.48. The summed E-state index contributed by atoms with van der Waals surface area (Å²) in [6.45, 7) is 4.57. The Morgan fingerprint density at radius 1 is 1.10 bits per heavy atom. The summed E-state index contributed by atoms with van der Waals surface area (Å²) in [6, 6.07) is 7.51. The first-order chi connectivity index (χ1) is 10.2. The summed E-state index contributed by atoms with van der Waals surface area (Å²) in [5.41, 5.74) is 0.974. The van der Waals surface area contributed by atoms with Crippen LogP contribution in [0.4, 0.5) is 0 Å². The fourth-order valence-electron chi connectivity index (χ4n) is 3.42. The van der Waals surface area contributed by atoms with E-state index >= 15 is 0 Å². The molecule has 2 aliphatic rings. The molecule has 0 aliphatic carbocycles. The van der Waals surface area contributed by atoms with Gasteiger partial charge in [0.25, 0.3) is 0 Å². The van der Waals surface area contributed by atoms with Gasteiger partial charge in [-0.05, 0) is 44.8 Å². The van der Waals surface area contributed by atoms with Gasteiger partial charge in [0.15, 0.2) is 0 Å². The normalized spacial score (nSPS) is 20.9. The number of piperidine rings is 1. The highest BCUT2D eigenvalue weighted by Gasteiger charge is 2.29. The molecule has 4 heteroatoms. The van der Waals surface area contributed by atoms with Crippen molar-refractivity contribution in [3.8, 4) is 5.75 Å². The van der Waals surface area contributed by atoms with Crippen LogP contribution in [0.2, 0.25) is 0 Å². The maximum absolute atomic E-state index is 12.4. The molecule has 0 spiro atoms. The molecular weight excluding hydrogens is 264 g/mol. The van der Waals surface area contributed by atoms with E-state index in [0.717, 1.165) is 64.0 Å². The number of amides is 1.